The summed E-state index contributed by atoms with van der Waals surface area (Å²) in [5, 5.41) is 11.1. The van der Waals surface area contributed by atoms with Crippen LogP contribution in [0.2, 0.25) is 0 Å². The van der Waals surface area contributed by atoms with E-state index in [2.05, 4.69) is 33.0 Å². The minimum Gasteiger partial charge on any atom is -0.384 e. The fourth-order valence-corrected chi connectivity index (χ4v) is 2.44. The van der Waals surface area contributed by atoms with Gasteiger partial charge in [-0.1, -0.05) is 13.0 Å². The predicted octanol–water partition coefficient (Wildman–Crippen LogP) is 3.29. The van der Waals surface area contributed by atoms with Gasteiger partial charge in [-0.2, -0.15) is 0 Å². The van der Waals surface area contributed by atoms with Crippen LogP contribution in [0.15, 0.2) is 23.1 Å². The molecule has 1 aromatic rings. The van der Waals surface area contributed by atoms with Crippen molar-refractivity contribution in [2.45, 2.75) is 38.1 Å². The number of benzene rings is 1. The summed E-state index contributed by atoms with van der Waals surface area (Å²) >= 11 is 1.71. The van der Waals surface area contributed by atoms with Gasteiger partial charge in [-0.15, -0.1) is 11.8 Å². The van der Waals surface area contributed by atoms with E-state index in [1.807, 2.05) is 18.2 Å². The summed E-state index contributed by atoms with van der Waals surface area (Å²) in [5.74, 6) is 1.09. The Bertz CT molecular complexity index is 408. The van der Waals surface area contributed by atoms with Gasteiger partial charge >= 0.3 is 0 Å². The molecule has 1 rings (SSSR count). The molecule has 0 aliphatic carbocycles. The molecule has 0 atom stereocenters. The molecule has 0 aliphatic heterocycles. The van der Waals surface area contributed by atoms with Crippen molar-refractivity contribution in [1.82, 2.24) is 0 Å². The molecule has 0 heterocycles. The lowest BCUT2D eigenvalue weighted by Crippen LogP contribution is -2.28. The molecule has 17 heavy (non-hydrogen) atoms. The van der Waals surface area contributed by atoms with E-state index in [0.29, 0.717) is 0 Å². The van der Waals surface area contributed by atoms with E-state index in [1.165, 1.54) is 0 Å². The Balaban J connectivity index is 3.20. The van der Waals surface area contributed by atoms with Crippen molar-refractivity contribution in [3.05, 3.63) is 23.8 Å². The van der Waals surface area contributed by atoms with E-state index in [-0.39, 0.29) is 11.4 Å². The summed E-state index contributed by atoms with van der Waals surface area (Å²) in [6, 6.07) is 5.99. The van der Waals surface area contributed by atoms with Gasteiger partial charge in [0.25, 0.3) is 0 Å². The first kappa shape index (κ1) is 13.9. The molecule has 0 aliphatic rings. The lowest BCUT2D eigenvalue weighted by molar-refractivity contribution is 0.633. The Hall–Kier alpha value is -1.16. The molecule has 0 radical (unpaired) electrons. The van der Waals surface area contributed by atoms with Crippen LogP contribution in [0.5, 0.6) is 0 Å². The van der Waals surface area contributed by atoms with Crippen molar-refractivity contribution < 1.29 is 0 Å². The van der Waals surface area contributed by atoms with Crippen LogP contribution in [0.4, 0.5) is 5.69 Å². The van der Waals surface area contributed by atoms with E-state index in [4.69, 9.17) is 11.1 Å². The van der Waals surface area contributed by atoms with Gasteiger partial charge < -0.3 is 11.1 Å². The standard InChI is InChI=1S/C13H21N3S/c1-5-17-10-8-6-7-9(11(10)12(14)15)16-13(2,3)4/h6-8,16H,5H2,1-4H3,(H3,14,15). The van der Waals surface area contributed by atoms with Crippen molar-refractivity contribution >= 4 is 23.3 Å². The van der Waals surface area contributed by atoms with E-state index in [9.17, 15) is 0 Å². The number of nitrogen functional groups attached to an aromatic ring is 1. The first-order chi connectivity index (χ1) is 7.85. The van der Waals surface area contributed by atoms with Crippen LogP contribution >= 0.6 is 11.8 Å². The Labute approximate surface area is 108 Å². The second-order valence-electron chi connectivity index (χ2n) is 4.90. The molecule has 0 saturated carbocycles. The molecule has 0 aromatic heterocycles. The topological polar surface area (TPSA) is 61.9 Å². The summed E-state index contributed by atoms with van der Waals surface area (Å²) in [7, 11) is 0. The molecule has 0 saturated heterocycles. The molecular formula is C13H21N3S. The highest BCUT2D eigenvalue weighted by molar-refractivity contribution is 7.99. The van der Waals surface area contributed by atoms with Crippen LogP contribution in [0.1, 0.15) is 33.3 Å². The molecule has 94 valence electrons. The number of nitrogens with one attached hydrogen (secondary N) is 2. The third kappa shape index (κ3) is 3.97. The maximum Gasteiger partial charge on any atom is 0.126 e. The second kappa shape index (κ2) is 5.45. The molecule has 0 bridgehead atoms. The minimum absolute atomic E-state index is 0.0420. The zero-order chi connectivity index (χ0) is 13.1. The monoisotopic (exact) mass is 251 g/mol. The molecule has 0 spiro atoms. The molecule has 4 heteroatoms. The first-order valence-corrected chi connectivity index (χ1v) is 6.72. The molecular weight excluding hydrogens is 230 g/mol. The zero-order valence-electron chi connectivity index (χ0n) is 10.9. The SMILES string of the molecule is CCSc1cccc(NC(C)(C)C)c1C(=N)N. The van der Waals surface area contributed by atoms with Gasteiger partial charge in [-0.25, -0.2) is 0 Å². The lowest BCUT2D eigenvalue weighted by atomic mass is 10.1. The third-order valence-corrected chi connectivity index (χ3v) is 3.04. The van der Waals surface area contributed by atoms with Crippen molar-refractivity contribution in [2.24, 2.45) is 5.73 Å². The lowest BCUT2D eigenvalue weighted by Gasteiger charge is -2.25. The Morgan fingerprint density at radius 2 is 2.06 bits per heavy atom. The van der Waals surface area contributed by atoms with Crippen LogP contribution in [0, 0.1) is 5.41 Å². The highest BCUT2D eigenvalue weighted by atomic mass is 32.2. The zero-order valence-corrected chi connectivity index (χ0v) is 11.7. The molecule has 1 aromatic carbocycles. The largest absolute Gasteiger partial charge is 0.384 e. The molecule has 4 N–H and O–H groups in total. The Morgan fingerprint density at radius 1 is 1.41 bits per heavy atom. The number of nitrogens with two attached hydrogens (primary N) is 1. The smallest absolute Gasteiger partial charge is 0.126 e. The van der Waals surface area contributed by atoms with Gasteiger partial charge in [0.1, 0.15) is 5.84 Å². The fraction of sp³-hybridized carbons (Fsp3) is 0.462. The average molecular weight is 251 g/mol. The summed E-state index contributed by atoms with van der Waals surface area (Å²) < 4.78 is 0. The van der Waals surface area contributed by atoms with Crippen LogP contribution < -0.4 is 11.1 Å². The van der Waals surface area contributed by atoms with Crippen molar-refractivity contribution in [3.8, 4) is 0 Å². The summed E-state index contributed by atoms with van der Waals surface area (Å²) in [6.45, 7) is 8.38. The van der Waals surface area contributed by atoms with E-state index >= 15 is 0 Å². The van der Waals surface area contributed by atoms with Gasteiger partial charge in [-0.3, -0.25) is 5.41 Å². The maximum atomic E-state index is 7.73. The number of amidine groups is 1. The van der Waals surface area contributed by atoms with Crippen LogP contribution in [-0.2, 0) is 0 Å². The number of hydrogen-bond donors (Lipinski definition) is 3. The number of anilines is 1. The molecule has 0 unspecified atom stereocenters. The third-order valence-electron chi connectivity index (χ3n) is 2.11. The highest BCUT2D eigenvalue weighted by Crippen LogP contribution is 2.29. The van der Waals surface area contributed by atoms with Gasteiger partial charge in [0.15, 0.2) is 0 Å². The van der Waals surface area contributed by atoms with Crippen LogP contribution in [0.3, 0.4) is 0 Å². The van der Waals surface area contributed by atoms with E-state index in [1.54, 1.807) is 11.8 Å². The van der Waals surface area contributed by atoms with Gasteiger partial charge in [-0.05, 0) is 38.7 Å². The molecule has 0 amide bonds. The maximum absolute atomic E-state index is 7.73. The number of hydrogen-bond acceptors (Lipinski definition) is 3. The first-order valence-electron chi connectivity index (χ1n) is 5.73. The summed E-state index contributed by atoms with van der Waals surface area (Å²) in [4.78, 5) is 1.06. The quantitative estimate of drug-likeness (QED) is 0.437. The Kier molecular flexibility index (Phi) is 4.46. The molecule has 3 nitrogen and oxygen atoms in total. The van der Waals surface area contributed by atoms with E-state index < -0.39 is 0 Å². The van der Waals surface area contributed by atoms with E-state index in [0.717, 1.165) is 21.9 Å². The van der Waals surface area contributed by atoms with Gasteiger partial charge in [0.2, 0.25) is 0 Å². The summed E-state index contributed by atoms with van der Waals surface area (Å²) in [6.07, 6.45) is 0. The highest BCUT2D eigenvalue weighted by Gasteiger charge is 2.16. The number of thioether (sulfide) groups is 1. The normalized spacial score (nSPS) is 11.3. The minimum atomic E-state index is -0.0420. The van der Waals surface area contributed by atoms with Gasteiger partial charge in [0, 0.05) is 16.1 Å². The average Bonchev–Trinajstić information content (AvgIpc) is 2.15. The van der Waals surface area contributed by atoms with Gasteiger partial charge in [0.05, 0.1) is 5.56 Å². The fourth-order valence-electron chi connectivity index (χ4n) is 1.59. The predicted molar refractivity (Wildman–Crippen MR) is 77.2 cm³/mol. The van der Waals surface area contributed by atoms with Crippen molar-refractivity contribution in [1.29, 1.82) is 5.41 Å². The number of rotatable bonds is 4. The molecule has 0 fully saturated rings. The second-order valence-corrected chi connectivity index (χ2v) is 6.21. The van der Waals surface area contributed by atoms with Crippen molar-refractivity contribution in [2.75, 3.05) is 11.1 Å². The Morgan fingerprint density at radius 3 is 2.53 bits per heavy atom. The summed E-state index contributed by atoms with van der Waals surface area (Å²) in [5.41, 5.74) is 7.40. The van der Waals surface area contributed by atoms with Crippen LogP contribution in [-0.4, -0.2) is 17.1 Å². The van der Waals surface area contributed by atoms with Crippen molar-refractivity contribution in [3.63, 3.8) is 0 Å². The van der Waals surface area contributed by atoms with Crippen LogP contribution in [0.25, 0.3) is 0 Å².